The molecule has 3 aliphatic rings. The summed E-state index contributed by atoms with van der Waals surface area (Å²) in [5, 5.41) is 0. The molecule has 12 heavy (non-hydrogen) atoms. The van der Waals surface area contributed by atoms with Crippen molar-refractivity contribution in [2.75, 3.05) is 19.6 Å². The summed E-state index contributed by atoms with van der Waals surface area (Å²) in [6.45, 7) is 11.1. The Labute approximate surface area is 76.1 Å². The van der Waals surface area contributed by atoms with E-state index in [9.17, 15) is 0 Å². The molecule has 1 heteroatoms. The molecule has 2 heterocycles. The lowest BCUT2D eigenvalue weighted by Gasteiger charge is -2.55. The van der Waals surface area contributed by atoms with E-state index in [0.717, 1.165) is 23.7 Å². The number of fused-ring (bicyclic) bond motifs is 2. The number of piperidine rings is 2. The minimum atomic E-state index is 0.924. The Hall–Kier alpha value is -0.0400. The molecule has 0 aromatic heterocycles. The summed E-state index contributed by atoms with van der Waals surface area (Å²) >= 11 is 0. The maximum Gasteiger partial charge on any atom is 0.00126 e. The molecule has 0 spiro atoms. The van der Waals surface area contributed by atoms with Crippen molar-refractivity contribution in [1.29, 1.82) is 0 Å². The van der Waals surface area contributed by atoms with E-state index in [2.05, 4.69) is 25.7 Å². The Morgan fingerprint density at radius 1 is 1.25 bits per heavy atom. The number of hydrogen-bond donors (Lipinski definition) is 0. The molecule has 0 aromatic rings. The van der Waals surface area contributed by atoms with E-state index >= 15 is 0 Å². The molecule has 0 N–H and O–H groups in total. The second kappa shape index (κ2) is 3.02. The minimum absolute atomic E-state index is 0.924. The van der Waals surface area contributed by atoms with Crippen molar-refractivity contribution in [2.45, 2.75) is 27.2 Å². The standard InChI is InChI=1S/C11H21N/c1-4-12-6-9-5-10(7-12)11(9)8(2)3/h8-11H,4-7H2,1-3H3. The van der Waals surface area contributed by atoms with Crippen LogP contribution in [0.4, 0.5) is 0 Å². The lowest BCUT2D eigenvalue weighted by molar-refractivity contribution is -0.0639. The van der Waals surface area contributed by atoms with Crippen LogP contribution >= 0.6 is 0 Å². The Balaban J connectivity index is 1.94. The summed E-state index contributed by atoms with van der Waals surface area (Å²) in [6.07, 6.45) is 1.53. The molecule has 2 saturated heterocycles. The van der Waals surface area contributed by atoms with E-state index in [1.54, 1.807) is 0 Å². The zero-order valence-corrected chi connectivity index (χ0v) is 8.59. The summed E-state index contributed by atoms with van der Waals surface area (Å²) in [4.78, 5) is 2.62. The second-order valence-electron chi connectivity index (χ2n) is 4.93. The molecule has 2 atom stereocenters. The summed E-state index contributed by atoms with van der Waals surface area (Å²) in [5.74, 6) is 4.08. The lowest BCUT2D eigenvalue weighted by atomic mass is 9.57. The van der Waals surface area contributed by atoms with Crippen LogP contribution in [0.2, 0.25) is 0 Å². The van der Waals surface area contributed by atoms with Crippen molar-refractivity contribution < 1.29 is 0 Å². The van der Waals surface area contributed by atoms with Crippen LogP contribution in [0.1, 0.15) is 27.2 Å². The van der Waals surface area contributed by atoms with Gasteiger partial charge in [-0.3, -0.25) is 0 Å². The van der Waals surface area contributed by atoms with Gasteiger partial charge in [0.15, 0.2) is 0 Å². The van der Waals surface area contributed by atoms with E-state index < -0.39 is 0 Å². The van der Waals surface area contributed by atoms with Crippen LogP contribution in [0.5, 0.6) is 0 Å². The van der Waals surface area contributed by atoms with Crippen LogP contribution in [-0.4, -0.2) is 24.5 Å². The molecule has 70 valence electrons. The normalized spacial score (nSPS) is 41.5. The van der Waals surface area contributed by atoms with Gasteiger partial charge in [0.25, 0.3) is 0 Å². The highest BCUT2D eigenvalue weighted by atomic mass is 15.1. The molecule has 0 amide bonds. The third-order valence-corrected chi connectivity index (χ3v) is 3.90. The topological polar surface area (TPSA) is 3.24 Å². The van der Waals surface area contributed by atoms with E-state index in [0.29, 0.717) is 0 Å². The fourth-order valence-corrected chi connectivity index (χ4v) is 3.37. The Bertz CT molecular complexity index is 152. The SMILES string of the molecule is CCN1CC2CC(C1)C2C(C)C. The first kappa shape index (κ1) is 8.55. The molecular formula is C11H21N. The van der Waals surface area contributed by atoms with Crippen molar-refractivity contribution in [2.24, 2.45) is 23.7 Å². The van der Waals surface area contributed by atoms with Crippen molar-refractivity contribution in [3.8, 4) is 0 Å². The maximum atomic E-state index is 2.62. The Kier molecular flexibility index (Phi) is 2.16. The van der Waals surface area contributed by atoms with Gasteiger partial charge in [0, 0.05) is 13.1 Å². The first-order valence-electron chi connectivity index (χ1n) is 5.44. The van der Waals surface area contributed by atoms with Crippen LogP contribution in [0.15, 0.2) is 0 Å². The first-order chi connectivity index (χ1) is 5.72. The summed E-state index contributed by atoms with van der Waals surface area (Å²) < 4.78 is 0. The van der Waals surface area contributed by atoms with Crippen molar-refractivity contribution in [3.63, 3.8) is 0 Å². The predicted octanol–water partition coefficient (Wildman–Crippen LogP) is 2.23. The van der Waals surface area contributed by atoms with Gasteiger partial charge in [0.2, 0.25) is 0 Å². The van der Waals surface area contributed by atoms with Crippen LogP contribution in [0.25, 0.3) is 0 Å². The minimum Gasteiger partial charge on any atom is -0.303 e. The van der Waals surface area contributed by atoms with E-state index in [4.69, 9.17) is 0 Å². The highest BCUT2D eigenvalue weighted by Gasteiger charge is 2.46. The van der Waals surface area contributed by atoms with Gasteiger partial charge >= 0.3 is 0 Å². The molecule has 1 nitrogen and oxygen atoms in total. The smallest absolute Gasteiger partial charge is 0.00126 e. The maximum absolute atomic E-state index is 2.62. The number of hydrogen-bond acceptors (Lipinski definition) is 1. The van der Waals surface area contributed by atoms with Crippen LogP contribution in [-0.2, 0) is 0 Å². The van der Waals surface area contributed by atoms with Gasteiger partial charge in [-0.1, -0.05) is 20.8 Å². The first-order valence-corrected chi connectivity index (χ1v) is 5.44. The molecule has 0 radical (unpaired) electrons. The molecule has 0 aromatic carbocycles. The van der Waals surface area contributed by atoms with Gasteiger partial charge in [-0.2, -0.15) is 0 Å². The molecule has 3 rings (SSSR count). The average molecular weight is 167 g/mol. The molecular weight excluding hydrogens is 146 g/mol. The van der Waals surface area contributed by atoms with Gasteiger partial charge in [0.05, 0.1) is 0 Å². The quantitative estimate of drug-likeness (QED) is 0.609. The summed E-state index contributed by atoms with van der Waals surface area (Å²) in [5.41, 5.74) is 0. The molecule has 2 bridgehead atoms. The average Bonchev–Trinajstić information content (AvgIpc) is 2.03. The molecule has 1 aliphatic carbocycles. The van der Waals surface area contributed by atoms with E-state index in [1.165, 1.54) is 26.1 Å². The third-order valence-electron chi connectivity index (χ3n) is 3.90. The fourth-order valence-electron chi connectivity index (χ4n) is 3.37. The monoisotopic (exact) mass is 167 g/mol. The fraction of sp³-hybridized carbons (Fsp3) is 1.00. The van der Waals surface area contributed by atoms with Crippen LogP contribution in [0, 0.1) is 23.7 Å². The zero-order valence-electron chi connectivity index (χ0n) is 8.59. The number of nitrogens with zero attached hydrogens (tertiary/aromatic N) is 1. The number of rotatable bonds is 2. The largest absolute Gasteiger partial charge is 0.303 e. The van der Waals surface area contributed by atoms with Crippen LogP contribution < -0.4 is 0 Å². The zero-order chi connectivity index (χ0) is 8.72. The molecule has 2 aliphatic heterocycles. The van der Waals surface area contributed by atoms with Crippen LogP contribution in [0.3, 0.4) is 0 Å². The Morgan fingerprint density at radius 3 is 2.25 bits per heavy atom. The third kappa shape index (κ3) is 1.19. The van der Waals surface area contributed by atoms with Gasteiger partial charge in [0.1, 0.15) is 0 Å². The van der Waals surface area contributed by atoms with E-state index in [-0.39, 0.29) is 0 Å². The molecule has 2 unspecified atom stereocenters. The van der Waals surface area contributed by atoms with Crippen molar-refractivity contribution in [3.05, 3.63) is 0 Å². The van der Waals surface area contributed by atoms with Gasteiger partial charge in [-0.05, 0) is 36.6 Å². The van der Waals surface area contributed by atoms with Gasteiger partial charge in [-0.25, -0.2) is 0 Å². The summed E-state index contributed by atoms with van der Waals surface area (Å²) in [7, 11) is 0. The Morgan fingerprint density at radius 2 is 1.83 bits per heavy atom. The molecule has 3 fully saturated rings. The van der Waals surface area contributed by atoms with E-state index in [1.807, 2.05) is 0 Å². The lowest BCUT2D eigenvalue weighted by Crippen LogP contribution is -2.56. The highest BCUT2D eigenvalue weighted by Crippen LogP contribution is 2.48. The second-order valence-corrected chi connectivity index (χ2v) is 4.93. The molecule has 1 saturated carbocycles. The summed E-state index contributed by atoms with van der Waals surface area (Å²) in [6, 6.07) is 0. The highest BCUT2D eigenvalue weighted by molar-refractivity contribution is 4.97. The van der Waals surface area contributed by atoms with Crippen molar-refractivity contribution >= 4 is 0 Å². The van der Waals surface area contributed by atoms with Gasteiger partial charge < -0.3 is 4.90 Å². The van der Waals surface area contributed by atoms with Crippen molar-refractivity contribution in [1.82, 2.24) is 4.90 Å². The van der Waals surface area contributed by atoms with Gasteiger partial charge in [-0.15, -0.1) is 0 Å². The predicted molar refractivity (Wildman–Crippen MR) is 52.0 cm³/mol.